The maximum atomic E-state index is 13.6. The van der Waals surface area contributed by atoms with Crippen molar-refractivity contribution in [3.05, 3.63) is 53.1 Å². The summed E-state index contributed by atoms with van der Waals surface area (Å²) in [7, 11) is 0. The number of amides is 2. The van der Waals surface area contributed by atoms with Gasteiger partial charge < -0.3 is 10.6 Å². The van der Waals surface area contributed by atoms with Crippen LogP contribution in [-0.2, 0) is 11.0 Å². The lowest BCUT2D eigenvalue weighted by Crippen LogP contribution is -2.17. The third-order valence-corrected chi connectivity index (χ3v) is 3.16. The Morgan fingerprint density at radius 3 is 2.32 bits per heavy atom. The minimum Gasteiger partial charge on any atom is -0.324 e. The van der Waals surface area contributed by atoms with E-state index in [-0.39, 0.29) is 22.6 Å². The summed E-state index contributed by atoms with van der Waals surface area (Å²) in [6.45, 7) is 2.47. The summed E-state index contributed by atoms with van der Waals surface area (Å²) in [5.74, 6) is -1.90. The van der Waals surface area contributed by atoms with Gasteiger partial charge in [0.25, 0.3) is 5.91 Å². The molecule has 9 heteroatoms. The second-order valence-corrected chi connectivity index (χ2v) is 5.16. The summed E-state index contributed by atoms with van der Waals surface area (Å²) in [4.78, 5) is 26.6. The highest BCUT2D eigenvalue weighted by Gasteiger charge is 2.33. The molecule has 2 amide bonds. The number of nitrogens with zero attached hydrogens (tertiary/aromatic N) is 1. The Kier molecular flexibility index (Phi) is 5.05. The number of hydrogen-bond acceptors (Lipinski definition) is 3. The molecule has 25 heavy (non-hydrogen) atoms. The number of hydrogen-bond donors (Lipinski definition) is 2. The van der Waals surface area contributed by atoms with Crippen LogP contribution in [0.25, 0.3) is 0 Å². The fourth-order valence-electron chi connectivity index (χ4n) is 2.05. The minimum absolute atomic E-state index is 0.0570. The summed E-state index contributed by atoms with van der Waals surface area (Å²) in [6.07, 6.45) is -4.61. The number of anilines is 2. The molecule has 0 aliphatic heterocycles. The molecule has 0 unspecified atom stereocenters. The Morgan fingerprint density at radius 1 is 1.08 bits per heavy atom. The van der Waals surface area contributed by atoms with Crippen molar-refractivity contribution in [2.24, 2.45) is 0 Å². The topological polar surface area (TPSA) is 71.1 Å². The molecule has 0 atom stereocenters. The van der Waals surface area contributed by atoms with Crippen LogP contribution in [0.5, 0.6) is 0 Å². The first-order valence-corrected chi connectivity index (χ1v) is 7.01. The van der Waals surface area contributed by atoms with Gasteiger partial charge in [-0.3, -0.25) is 9.59 Å². The molecule has 0 aliphatic rings. The van der Waals surface area contributed by atoms with E-state index in [1.54, 1.807) is 0 Å². The summed E-state index contributed by atoms with van der Waals surface area (Å²) in [6, 6.07) is 5.21. The fourth-order valence-corrected chi connectivity index (χ4v) is 2.05. The van der Waals surface area contributed by atoms with E-state index in [0.717, 1.165) is 12.1 Å². The lowest BCUT2D eigenvalue weighted by molar-refractivity contribution is -0.141. The monoisotopic (exact) mass is 355 g/mol. The van der Waals surface area contributed by atoms with Gasteiger partial charge in [0.1, 0.15) is 11.5 Å². The summed E-state index contributed by atoms with van der Waals surface area (Å²) >= 11 is 0. The largest absolute Gasteiger partial charge is 0.433 e. The van der Waals surface area contributed by atoms with E-state index < -0.39 is 29.5 Å². The summed E-state index contributed by atoms with van der Waals surface area (Å²) in [5.41, 5.74) is -1.23. The van der Waals surface area contributed by atoms with Crippen LogP contribution in [0.15, 0.2) is 30.3 Å². The van der Waals surface area contributed by atoms with Crippen molar-refractivity contribution < 1.29 is 27.2 Å². The summed E-state index contributed by atoms with van der Waals surface area (Å²) in [5, 5.41) is 4.68. The van der Waals surface area contributed by atoms with Gasteiger partial charge in [0.15, 0.2) is 0 Å². The lowest BCUT2D eigenvalue weighted by atomic mass is 10.1. The smallest absolute Gasteiger partial charge is 0.324 e. The van der Waals surface area contributed by atoms with Gasteiger partial charge in [0.2, 0.25) is 5.91 Å². The molecule has 0 fully saturated rings. The average Bonchev–Trinajstić information content (AvgIpc) is 2.49. The number of nitrogens with one attached hydrogen (secondary N) is 2. The average molecular weight is 355 g/mol. The van der Waals surface area contributed by atoms with E-state index in [9.17, 15) is 27.2 Å². The van der Waals surface area contributed by atoms with E-state index in [1.807, 2.05) is 0 Å². The molecule has 2 rings (SSSR count). The maximum Gasteiger partial charge on any atom is 0.433 e. The van der Waals surface area contributed by atoms with Crippen molar-refractivity contribution in [3.8, 4) is 0 Å². The minimum atomic E-state index is -4.61. The highest BCUT2D eigenvalue weighted by atomic mass is 19.4. The summed E-state index contributed by atoms with van der Waals surface area (Å²) < 4.78 is 51.4. The standard InChI is InChI=1S/C16H13F4N3O2/c1-8-11(4-6-14(21-8)16(18,19)20)15(25)23-10-3-5-12(17)13(7-10)22-9(2)24/h3-7H,1-2H3,(H,22,24)(H,23,25). The quantitative estimate of drug-likeness (QED) is 0.824. The first-order valence-electron chi connectivity index (χ1n) is 7.01. The van der Waals surface area contributed by atoms with Crippen LogP contribution in [0.3, 0.4) is 0 Å². The van der Waals surface area contributed by atoms with Crippen molar-refractivity contribution in [2.45, 2.75) is 20.0 Å². The van der Waals surface area contributed by atoms with Crippen LogP contribution in [0, 0.1) is 12.7 Å². The number of pyridine rings is 1. The van der Waals surface area contributed by atoms with Gasteiger partial charge in [-0.25, -0.2) is 9.37 Å². The van der Waals surface area contributed by atoms with Crippen LogP contribution in [-0.4, -0.2) is 16.8 Å². The Labute approximate surface area is 140 Å². The van der Waals surface area contributed by atoms with E-state index in [1.165, 1.54) is 26.0 Å². The Bertz CT molecular complexity index is 835. The van der Waals surface area contributed by atoms with Crippen molar-refractivity contribution in [1.82, 2.24) is 4.98 Å². The van der Waals surface area contributed by atoms with E-state index in [0.29, 0.717) is 6.07 Å². The van der Waals surface area contributed by atoms with Gasteiger partial charge in [-0.05, 0) is 37.3 Å². The zero-order valence-electron chi connectivity index (χ0n) is 13.2. The van der Waals surface area contributed by atoms with E-state index >= 15 is 0 Å². The van der Waals surface area contributed by atoms with Crippen LogP contribution < -0.4 is 10.6 Å². The SMILES string of the molecule is CC(=O)Nc1cc(NC(=O)c2ccc(C(F)(F)F)nc2C)ccc1F. The number of aryl methyl sites for hydroxylation is 1. The third-order valence-electron chi connectivity index (χ3n) is 3.16. The maximum absolute atomic E-state index is 13.6. The Balaban J connectivity index is 2.24. The van der Waals surface area contributed by atoms with Gasteiger partial charge in [-0.2, -0.15) is 13.2 Å². The number of rotatable bonds is 3. The van der Waals surface area contributed by atoms with Crippen LogP contribution in [0.2, 0.25) is 0 Å². The molecule has 0 saturated carbocycles. The number of carbonyl (C=O) groups is 2. The molecule has 2 aromatic rings. The first-order chi connectivity index (χ1) is 11.6. The molecule has 1 heterocycles. The molecule has 5 nitrogen and oxygen atoms in total. The number of halogens is 4. The molecular weight excluding hydrogens is 342 g/mol. The first kappa shape index (κ1) is 18.4. The Morgan fingerprint density at radius 2 is 1.76 bits per heavy atom. The van der Waals surface area contributed by atoms with E-state index in [4.69, 9.17) is 0 Å². The van der Waals surface area contributed by atoms with Gasteiger partial charge in [-0.15, -0.1) is 0 Å². The predicted molar refractivity (Wildman–Crippen MR) is 82.6 cm³/mol. The molecule has 0 spiro atoms. The van der Waals surface area contributed by atoms with Crippen molar-refractivity contribution >= 4 is 23.2 Å². The van der Waals surface area contributed by atoms with Gasteiger partial charge >= 0.3 is 6.18 Å². The molecule has 1 aromatic heterocycles. The van der Waals surface area contributed by atoms with Gasteiger partial charge in [0.05, 0.1) is 16.9 Å². The molecule has 132 valence electrons. The van der Waals surface area contributed by atoms with Gasteiger partial charge in [-0.1, -0.05) is 0 Å². The lowest BCUT2D eigenvalue weighted by Gasteiger charge is -2.11. The number of alkyl halides is 3. The molecule has 1 aromatic carbocycles. The molecule has 0 saturated heterocycles. The molecule has 2 N–H and O–H groups in total. The zero-order valence-corrected chi connectivity index (χ0v) is 13.2. The second-order valence-electron chi connectivity index (χ2n) is 5.16. The zero-order chi connectivity index (χ0) is 18.8. The van der Waals surface area contributed by atoms with E-state index in [2.05, 4.69) is 15.6 Å². The fraction of sp³-hybridized carbons (Fsp3) is 0.188. The Hall–Kier alpha value is -2.97. The predicted octanol–water partition coefficient (Wildman–Crippen LogP) is 3.76. The van der Waals surface area contributed by atoms with Crippen LogP contribution in [0.1, 0.15) is 28.7 Å². The second kappa shape index (κ2) is 6.88. The molecule has 0 radical (unpaired) electrons. The molecule has 0 bridgehead atoms. The highest BCUT2D eigenvalue weighted by molar-refractivity contribution is 6.05. The molecule has 0 aliphatic carbocycles. The number of aromatic nitrogens is 1. The van der Waals surface area contributed by atoms with Gasteiger partial charge in [0, 0.05) is 12.6 Å². The van der Waals surface area contributed by atoms with Crippen molar-refractivity contribution in [2.75, 3.05) is 10.6 Å². The van der Waals surface area contributed by atoms with Crippen molar-refractivity contribution in [3.63, 3.8) is 0 Å². The third kappa shape index (κ3) is 4.52. The molecular formula is C16H13F4N3O2. The van der Waals surface area contributed by atoms with Crippen LogP contribution >= 0.6 is 0 Å². The number of carbonyl (C=O) groups excluding carboxylic acids is 2. The normalized spacial score (nSPS) is 11.1. The van der Waals surface area contributed by atoms with Crippen LogP contribution in [0.4, 0.5) is 28.9 Å². The number of benzene rings is 1. The highest BCUT2D eigenvalue weighted by Crippen LogP contribution is 2.28. The van der Waals surface area contributed by atoms with Crippen molar-refractivity contribution in [1.29, 1.82) is 0 Å².